The summed E-state index contributed by atoms with van der Waals surface area (Å²) >= 11 is 6.48. The second-order valence-electron chi connectivity index (χ2n) is 8.57. The second kappa shape index (κ2) is 10.3. The van der Waals surface area contributed by atoms with Gasteiger partial charge >= 0.3 is 18.1 Å². The monoisotopic (exact) mass is 506 g/mol. The third kappa shape index (κ3) is 5.72. The largest absolute Gasteiger partial charge is 0.481 e. The standard InChI is InChI=1S/C21H26ClF3N4O5/c1-20(9-15(30)31)18(22)27-16(17(32)29(20)11-13-5-3-2-4-6-13)26-10-14-12-34-8-7-28(14)19(33)21(23,24)25/h2-5,13-14,18H,6-12H2,1H3,(H,26,27)(H,30,31)/t13?,14-,18?,20?/m1/s1. The number of halogens is 4. The molecule has 3 unspecified atom stereocenters. The van der Waals surface area contributed by atoms with Gasteiger partial charge in [0.2, 0.25) is 0 Å². The lowest BCUT2D eigenvalue weighted by molar-refractivity contribution is -0.192. The summed E-state index contributed by atoms with van der Waals surface area (Å²) in [6.07, 6.45) is 2.70. The number of carboxylic acid groups (broad SMARTS) is 1. The maximum atomic E-state index is 13.3. The van der Waals surface area contributed by atoms with Crippen LogP contribution in [0.15, 0.2) is 29.3 Å². The van der Waals surface area contributed by atoms with E-state index in [-0.39, 0.29) is 44.6 Å². The van der Waals surface area contributed by atoms with Gasteiger partial charge in [0, 0.05) is 13.1 Å². The molecule has 2 amide bonds. The van der Waals surface area contributed by atoms with Gasteiger partial charge in [-0.15, -0.1) is 0 Å². The van der Waals surface area contributed by atoms with Crippen LogP contribution in [0.25, 0.3) is 0 Å². The van der Waals surface area contributed by atoms with Crippen molar-refractivity contribution >= 4 is 35.2 Å². The number of aliphatic carboxylic acids is 1. The fraction of sp³-hybridized carbons (Fsp3) is 0.619. The average molecular weight is 507 g/mol. The number of allylic oxidation sites excluding steroid dienone is 3. The first-order valence-electron chi connectivity index (χ1n) is 10.7. The number of hydrogen-bond acceptors (Lipinski definition) is 5. The number of rotatable bonds is 6. The molecule has 4 atom stereocenters. The molecule has 1 aliphatic carbocycles. The van der Waals surface area contributed by atoms with Gasteiger partial charge in [0.15, 0.2) is 5.84 Å². The number of nitrogens with one attached hydrogen (secondary N) is 1. The van der Waals surface area contributed by atoms with Crippen molar-refractivity contribution in [3.05, 3.63) is 24.3 Å². The Morgan fingerprint density at radius 3 is 2.74 bits per heavy atom. The molecule has 0 aromatic heterocycles. The van der Waals surface area contributed by atoms with Gasteiger partial charge in [-0.1, -0.05) is 35.9 Å². The topological polar surface area (TPSA) is 112 Å². The zero-order valence-electron chi connectivity index (χ0n) is 18.4. The van der Waals surface area contributed by atoms with E-state index in [0.717, 1.165) is 0 Å². The number of alkyl halides is 4. The van der Waals surface area contributed by atoms with Crippen molar-refractivity contribution in [2.75, 3.05) is 32.8 Å². The molecule has 3 rings (SSSR count). The van der Waals surface area contributed by atoms with Crippen LogP contribution in [0.1, 0.15) is 19.8 Å². The van der Waals surface area contributed by atoms with Crippen LogP contribution in [0.5, 0.6) is 0 Å². The van der Waals surface area contributed by atoms with Crippen LogP contribution in [0.2, 0.25) is 0 Å². The Labute approximate surface area is 199 Å². The predicted octanol–water partition coefficient (Wildman–Crippen LogP) is 1.54. The molecule has 2 N–H and O–H groups in total. The van der Waals surface area contributed by atoms with Gasteiger partial charge < -0.3 is 25.0 Å². The molecule has 0 spiro atoms. The van der Waals surface area contributed by atoms with Crippen molar-refractivity contribution in [3.8, 4) is 0 Å². The fourth-order valence-electron chi connectivity index (χ4n) is 4.16. The van der Waals surface area contributed by atoms with Crippen LogP contribution in [0.3, 0.4) is 0 Å². The highest BCUT2D eigenvalue weighted by Crippen LogP contribution is 2.32. The van der Waals surface area contributed by atoms with Crippen molar-refractivity contribution in [1.29, 1.82) is 0 Å². The molecule has 2 heterocycles. The number of amidine groups is 1. The Hall–Kier alpha value is -2.60. The lowest BCUT2D eigenvalue weighted by Crippen LogP contribution is -2.69. The highest BCUT2D eigenvalue weighted by Gasteiger charge is 2.50. The lowest BCUT2D eigenvalue weighted by Gasteiger charge is -2.48. The molecule has 13 heteroatoms. The molecule has 0 radical (unpaired) electrons. The van der Waals surface area contributed by atoms with Gasteiger partial charge in [0.1, 0.15) is 5.50 Å². The summed E-state index contributed by atoms with van der Waals surface area (Å²) in [7, 11) is 0. The van der Waals surface area contributed by atoms with Crippen molar-refractivity contribution in [2.45, 2.75) is 43.0 Å². The lowest BCUT2D eigenvalue weighted by atomic mass is 9.89. The third-order valence-corrected chi connectivity index (χ3v) is 6.64. The minimum atomic E-state index is -5.04. The van der Waals surface area contributed by atoms with E-state index in [9.17, 15) is 32.7 Å². The molecule has 188 valence electrons. The van der Waals surface area contributed by atoms with E-state index in [1.807, 2.05) is 24.3 Å². The Bertz CT molecular complexity index is 909. The number of carbonyl (C=O) groups is 3. The number of carbonyl (C=O) groups excluding carboxylic acids is 2. The Kier molecular flexibility index (Phi) is 7.91. The summed E-state index contributed by atoms with van der Waals surface area (Å²) in [5, 5.41) is 12.1. The minimum Gasteiger partial charge on any atom is -0.481 e. The van der Waals surface area contributed by atoms with E-state index in [1.165, 1.54) is 4.90 Å². The van der Waals surface area contributed by atoms with Crippen LogP contribution in [-0.4, -0.2) is 94.6 Å². The first-order valence-corrected chi connectivity index (χ1v) is 11.1. The average Bonchev–Trinajstić information content (AvgIpc) is 2.78. The first kappa shape index (κ1) is 26.0. The third-order valence-electron chi connectivity index (χ3n) is 6.06. The van der Waals surface area contributed by atoms with Crippen LogP contribution in [0, 0.1) is 5.92 Å². The molecule has 2 aliphatic heterocycles. The molecule has 0 aromatic carbocycles. The fourth-order valence-corrected chi connectivity index (χ4v) is 4.46. The molecular formula is C21H26ClF3N4O5. The highest BCUT2D eigenvalue weighted by molar-refractivity contribution is 6.40. The molecule has 0 bridgehead atoms. The molecule has 9 nitrogen and oxygen atoms in total. The summed E-state index contributed by atoms with van der Waals surface area (Å²) < 4.78 is 44.1. The zero-order valence-corrected chi connectivity index (χ0v) is 19.2. The number of piperazine rings is 1. The van der Waals surface area contributed by atoms with Gasteiger partial charge in [-0.25, -0.2) is 0 Å². The number of nitrogens with zero attached hydrogens (tertiary/aromatic N) is 3. The Balaban J connectivity index is 1.83. The van der Waals surface area contributed by atoms with E-state index in [4.69, 9.17) is 16.3 Å². The number of hydrogen-bond donors (Lipinski definition) is 2. The number of ether oxygens (including phenoxy) is 1. The quantitative estimate of drug-likeness (QED) is 0.417. The Morgan fingerprint density at radius 2 is 2.12 bits per heavy atom. The summed E-state index contributed by atoms with van der Waals surface area (Å²) in [4.78, 5) is 42.8. The first-order chi connectivity index (χ1) is 15.9. The van der Waals surface area contributed by atoms with Crippen LogP contribution >= 0.6 is 11.6 Å². The number of amides is 2. The molecule has 2 saturated heterocycles. The second-order valence-corrected chi connectivity index (χ2v) is 9.01. The maximum Gasteiger partial charge on any atom is 0.471 e. The van der Waals surface area contributed by atoms with E-state index < -0.39 is 47.5 Å². The van der Waals surface area contributed by atoms with E-state index in [2.05, 4.69) is 10.3 Å². The minimum absolute atomic E-state index is 0.0412. The highest BCUT2D eigenvalue weighted by atomic mass is 35.5. The molecular weight excluding hydrogens is 481 g/mol. The number of aliphatic imine (C=N–C) groups is 1. The van der Waals surface area contributed by atoms with Crippen LogP contribution < -0.4 is 5.32 Å². The van der Waals surface area contributed by atoms with Gasteiger partial charge in [-0.3, -0.25) is 19.4 Å². The van der Waals surface area contributed by atoms with Gasteiger partial charge in [0.25, 0.3) is 5.91 Å². The summed E-state index contributed by atoms with van der Waals surface area (Å²) in [6.45, 7) is 0.949. The maximum absolute atomic E-state index is 13.3. The molecule has 2 fully saturated rings. The molecule has 34 heavy (non-hydrogen) atoms. The van der Waals surface area contributed by atoms with Crippen molar-refractivity contribution in [2.24, 2.45) is 10.9 Å². The predicted molar refractivity (Wildman–Crippen MR) is 116 cm³/mol. The van der Waals surface area contributed by atoms with Crippen molar-refractivity contribution in [3.63, 3.8) is 0 Å². The smallest absolute Gasteiger partial charge is 0.471 e. The number of morpholine rings is 1. The zero-order chi connectivity index (χ0) is 25.1. The van der Waals surface area contributed by atoms with Gasteiger partial charge in [-0.05, 0) is 19.3 Å². The van der Waals surface area contributed by atoms with E-state index in [1.54, 1.807) is 6.92 Å². The van der Waals surface area contributed by atoms with E-state index >= 15 is 0 Å². The van der Waals surface area contributed by atoms with Gasteiger partial charge in [-0.2, -0.15) is 13.2 Å². The van der Waals surface area contributed by atoms with Crippen LogP contribution in [0.4, 0.5) is 13.2 Å². The number of carboxylic acids is 1. The van der Waals surface area contributed by atoms with Crippen LogP contribution in [-0.2, 0) is 19.1 Å². The van der Waals surface area contributed by atoms with Crippen molar-refractivity contribution in [1.82, 2.24) is 15.1 Å². The van der Waals surface area contributed by atoms with Crippen molar-refractivity contribution < 1.29 is 37.4 Å². The van der Waals surface area contributed by atoms with Gasteiger partial charge in [0.05, 0.1) is 37.8 Å². The molecule has 0 aromatic rings. The Morgan fingerprint density at radius 1 is 1.38 bits per heavy atom. The normalized spacial score (nSPS) is 31.0. The summed E-state index contributed by atoms with van der Waals surface area (Å²) in [5.74, 6) is -4.03. The SMILES string of the molecule is CC1(CC(=O)O)C(Cl)NC(=NC[C@@H]2COCCN2C(=O)C(F)(F)F)C(=O)N1CC1C=CC=CC1. The molecule has 0 saturated carbocycles. The van der Waals surface area contributed by atoms with E-state index in [0.29, 0.717) is 11.3 Å². The summed E-state index contributed by atoms with van der Waals surface area (Å²) in [5.41, 5.74) is -2.32. The molecule has 3 aliphatic rings. The summed E-state index contributed by atoms with van der Waals surface area (Å²) in [6, 6.07) is -1.02.